The van der Waals surface area contributed by atoms with Crippen molar-refractivity contribution in [2.24, 2.45) is 0 Å². The molecule has 0 N–H and O–H groups in total. The summed E-state index contributed by atoms with van der Waals surface area (Å²) >= 11 is 0. The summed E-state index contributed by atoms with van der Waals surface area (Å²) in [5, 5.41) is 0. The van der Waals surface area contributed by atoms with Gasteiger partial charge in [0.25, 0.3) is 0 Å². The summed E-state index contributed by atoms with van der Waals surface area (Å²) in [6.45, 7) is 1.18. The smallest absolute Gasteiger partial charge is 0.244 e. The van der Waals surface area contributed by atoms with E-state index in [9.17, 15) is 8.42 Å². The topological polar surface area (TPSA) is 94.5 Å². The molecule has 4 heterocycles. The predicted octanol–water partition coefficient (Wildman–Crippen LogP) is 0.873. The summed E-state index contributed by atoms with van der Waals surface area (Å²) in [7, 11) is -3.53. The van der Waals surface area contributed by atoms with Crippen LogP contribution in [0.3, 0.4) is 0 Å². The van der Waals surface area contributed by atoms with Crippen molar-refractivity contribution in [1.82, 2.24) is 19.3 Å². The molecule has 0 radical (unpaired) electrons. The first-order chi connectivity index (χ1) is 12.1. The number of pyridine rings is 1. The molecule has 2 aliphatic rings. The third-order valence-electron chi connectivity index (χ3n) is 4.48. The number of aromatic nitrogens is 3. The van der Waals surface area contributed by atoms with Crippen molar-refractivity contribution in [2.75, 3.05) is 19.7 Å². The molecule has 0 saturated carbocycles. The van der Waals surface area contributed by atoms with E-state index in [0.717, 1.165) is 6.42 Å². The van der Waals surface area contributed by atoms with E-state index in [0.29, 0.717) is 32.0 Å². The SMILES string of the molecule is O=S(=O)(c1cccnc1)N1CC2(C[C@@H](Oc3cnccn3)CCO2)C1. The first kappa shape index (κ1) is 16.4. The molecule has 1 atom stereocenters. The third-order valence-corrected chi connectivity index (χ3v) is 6.25. The van der Waals surface area contributed by atoms with Crippen LogP contribution in [0.1, 0.15) is 12.8 Å². The maximum Gasteiger partial charge on any atom is 0.244 e. The third kappa shape index (κ3) is 3.22. The molecule has 1 spiro atoms. The zero-order chi connectivity index (χ0) is 17.3. The molecule has 2 aromatic rings. The molecule has 9 heteroatoms. The largest absolute Gasteiger partial charge is 0.473 e. The Kier molecular flexibility index (Phi) is 4.14. The number of sulfonamides is 1. The number of ether oxygens (including phenoxy) is 2. The monoisotopic (exact) mass is 362 g/mol. The molecule has 0 amide bonds. The Morgan fingerprint density at radius 2 is 2.04 bits per heavy atom. The number of nitrogens with zero attached hydrogens (tertiary/aromatic N) is 4. The lowest BCUT2D eigenvalue weighted by Gasteiger charge is -2.51. The summed E-state index contributed by atoms with van der Waals surface area (Å²) in [6.07, 6.45) is 8.96. The van der Waals surface area contributed by atoms with Gasteiger partial charge in [0.1, 0.15) is 11.0 Å². The maximum atomic E-state index is 12.6. The fraction of sp³-hybridized carbons (Fsp3) is 0.438. The highest BCUT2D eigenvalue weighted by atomic mass is 32.2. The van der Waals surface area contributed by atoms with Gasteiger partial charge in [0.05, 0.1) is 18.4 Å². The van der Waals surface area contributed by atoms with E-state index in [1.807, 2.05) is 0 Å². The molecule has 0 unspecified atom stereocenters. The quantitative estimate of drug-likeness (QED) is 0.796. The summed E-state index contributed by atoms with van der Waals surface area (Å²) in [6, 6.07) is 3.17. The van der Waals surface area contributed by atoms with Gasteiger partial charge in [-0.2, -0.15) is 4.31 Å². The summed E-state index contributed by atoms with van der Waals surface area (Å²) in [4.78, 5) is 12.2. The lowest BCUT2D eigenvalue weighted by Crippen LogP contribution is -2.67. The van der Waals surface area contributed by atoms with Crippen LogP contribution in [0, 0.1) is 0 Å². The fourth-order valence-electron chi connectivity index (χ4n) is 3.24. The predicted molar refractivity (Wildman–Crippen MR) is 87.4 cm³/mol. The summed E-state index contributed by atoms with van der Waals surface area (Å²) in [5.74, 6) is 0.476. The van der Waals surface area contributed by atoms with Gasteiger partial charge < -0.3 is 9.47 Å². The highest BCUT2D eigenvalue weighted by Gasteiger charge is 2.52. The van der Waals surface area contributed by atoms with Crippen LogP contribution in [0.2, 0.25) is 0 Å². The van der Waals surface area contributed by atoms with Gasteiger partial charge in [0.2, 0.25) is 15.9 Å². The van der Waals surface area contributed by atoms with Crippen LogP contribution in [0.5, 0.6) is 5.88 Å². The molecule has 8 nitrogen and oxygen atoms in total. The summed E-state index contributed by atoms with van der Waals surface area (Å²) < 4.78 is 38.4. The maximum absolute atomic E-state index is 12.6. The zero-order valence-corrected chi connectivity index (χ0v) is 14.3. The molecule has 0 aromatic carbocycles. The summed E-state index contributed by atoms with van der Waals surface area (Å²) in [5.41, 5.74) is -0.486. The average Bonchev–Trinajstić information content (AvgIpc) is 2.61. The van der Waals surface area contributed by atoms with E-state index < -0.39 is 15.6 Å². The van der Waals surface area contributed by atoms with Crippen molar-refractivity contribution < 1.29 is 17.9 Å². The standard InChI is InChI=1S/C16H18N4O4S/c21-25(22,14-2-1-4-17-9-14)20-11-16(12-20)8-13(3-7-23-16)24-15-10-18-5-6-19-15/h1-2,4-6,9-10,13H,3,7-8,11-12H2/t13-/m0/s1. The normalized spacial score (nSPS) is 23.1. The Morgan fingerprint density at radius 1 is 1.20 bits per heavy atom. The Hall–Kier alpha value is -2.10. The molecular formula is C16H18N4O4S. The van der Waals surface area contributed by atoms with Gasteiger partial charge in [-0.05, 0) is 12.1 Å². The first-order valence-electron chi connectivity index (χ1n) is 8.04. The van der Waals surface area contributed by atoms with Crippen LogP contribution >= 0.6 is 0 Å². The minimum Gasteiger partial charge on any atom is -0.473 e. The van der Waals surface area contributed by atoms with Crippen LogP contribution in [-0.2, 0) is 14.8 Å². The Bertz CT molecular complexity index is 826. The molecule has 4 rings (SSSR count). The molecule has 2 fully saturated rings. The van der Waals surface area contributed by atoms with E-state index in [1.165, 1.54) is 10.5 Å². The van der Waals surface area contributed by atoms with Gasteiger partial charge in [-0.25, -0.2) is 13.4 Å². The molecule has 0 aliphatic carbocycles. The van der Waals surface area contributed by atoms with Gasteiger partial charge in [-0.1, -0.05) is 0 Å². The van der Waals surface area contributed by atoms with E-state index in [1.54, 1.807) is 36.9 Å². The van der Waals surface area contributed by atoms with Crippen LogP contribution in [-0.4, -0.2) is 59.1 Å². The van der Waals surface area contributed by atoms with Crippen molar-refractivity contribution in [1.29, 1.82) is 0 Å². The van der Waals surface area contributed by atoms with Gasteiger partial charge in [-0.3, -0.25) is 9.97 Å². The van der Waals surface area contributed by atoms with Crippen molar-refractivity contribution in [3.8, 4) is 5.88 Å². The minimum atomic E-state index is -3.53. The Balaban J connectivity index is 1.41. The second-order valence-corrected chi connectivity index (χ2v) is 8.21. The average molecular weight is 362 g/mol. The molecule has 2 aromatic heterocycles. The Labute approximate surface area is 145 Å². The number of hydrogen-bond acceptors (Lipinski definition) is 7. The van der Waals surface area contributed by atoms with E-state index >= 15 is 0 Å². The lowest BCUT2D eigenvalue weighted by molar-refractivity contribution is -0.165. The van der Waals surface area contributed by atoms with Crippen molar-refractivity contribution in [2.45, 2.75) is 29.4 Å². The van der Waals surface area contributed by atoms with Crippen molar-refractivity contribution in [3.05, 3.63) is 43.1 Å². The molecule has 0 bridgehead atoms. The van der Waals surface area contributed by atoms with Crippen LogP contribution < -0.4 is 4.74 Å². The zero-order valence-electron chi connectivity index (χ0n) is 13.5. The van der Waals surface area contributed by atoms with Gasteiger partial charge in [0.15, 0.2) is 0 Å². The van der Waals surface area contributed by atoms with Crippen LogP contribution in [0.25, 0.3) is 0 Å². The second kappa shape index (κ2) is 6.32. The van der Waals surface area contributed by atoms with E-state index in [-0.39, 0.29) is 11.0 Å². The van der Waals surface area contributed by atoms with Crippen LogP contribution in [0.15, 0.2) is 48.0 Å². The van der Waals surface area contributed by atoms with Crippen molar-refractivity contribution in [3.63, 3.8) is 0 Å². The Morgan fingerprint density at radius 3 is 2.76 bits per heavy atom. The number of rotatable bonds is 4. The first-order valence-corrected chi connectivity index (χ1v) is 9.48. The highest BCUT2D eigenvalue weighted by molar-refractivity contribution is 7.89. The minimum absolute atomic E-state index is 0.0614. The van der Waals surface area contributed by atoms with Crippen molar-refractivity contribution >= 4 is 10.0 Å². The van der Waals surface area contributed by atoms with Gasteiger partial charge in [0, 0.05) is 50.7 Å². The fourth-order valence-corrected chi connectivity index (χ4v) is 4.79. The molecule has 2 saturated heterocycles. The highest BCUT2D eigenvalue weighted by Crippen LogP contribution is 2.38. The number of hydrogen-bond donors (Lipinski definition) is 0. The molecule has 2 aliphatic heterocycles. The van der Waals surface area contributed by atoms with Gasteiger partial charge >= 0.3 is 0 Å². The lowest BCUT2D eigenvalue weighted by atomic mass is 9.86. The van der Waals surface area contributed by atoms with Crippen LogP contribution in [0.4, 0.5) is 0 Å². The molecule has 132 valence electrons. The van der Waals surface area contributed by atoms with E-state index in [4.69, 9.17) is 9.47 Å². The van der Waals surface area contributed by atoms with E-state index in [2.05, 4.69) is 15.0 Å². The molecule has 25 heavy (non-hydrogen) atoms. The second-order valence-electron chi connectivity index (χ2n) is 6.27. The molecular weight excluding hydrogens is 344 g/mol. The van der Waals surface area contributed by atoms with Gasteiger partial charge in [-0.15, -0.1) is 0 Å².